The molecule has 0 radical (unpaired) electrons. The van der Waals surface area contributed by atoms with Gasteiger partial charge in [0.05, 0.1) is 23.7 Å². The van der Waals surface area contributed by atoms with Crippen LogP contribution in [0.1, 0.15) is 13.3 Å². The molecule has 2 aromatic rings. The highest BCUT2D eigenvalue weighted by atomic mass is 15.1. The summed E-state index contributed by atoms with van der Waals surface area (Å²) in [6.45, 7) is 2.03. The molecular weight excluding hydrogens is 224 g/mol. The molecule has 0 aliphatic carbocycles. The number of nitrogen functional groups attached to an aromatic ring is 1. The zero-order chi connectivity index (χ0) is 13.1. The van der Waals surface area contributed by atoms with Crippen LogP contribution in [0, 0.1) is 11.3 Å². The van der Waals surface area contributed by atoms with E-state index in [1.165, 1.54) is 0 Å². The second-order valence-corrected chi connectivity index (χ2v) is 4.40. The second kappa shape index (κ2) is 4.92. The molecule has 0 amide bonds. The zero-order valence-electron chi connectivity index (χ0n) is 10.6. The minimum atomic E-state index is 0.155. The first-order chi connectivity index (χ1) is 8.65. The van der Waals surface area contributed by atoms with Gasteiger partial charge in [-0.15, -0.1) is 0 Å². The Morgan fingerprint density at radius 2 is 2.22 bits per heavy atom. The van der Waals surface area contributed by atoms with Gasteiger partial charge in [0.1, 0.15) is 0 Å². The van der Waals surface area contributed by atoms with Crippen LogP contribution in [0.4, 0.5) is 11.4 Å². The lowest BCUT2D eigenvalue weighted by Gasteiger charge is -2.26. The van der Waals surface area contributed by atoms with E-state index in [0.29, 0.717) is 12.1 Å². The number of benzene rings is 1. The maximum atomic E-state index is 8.78. The molecule has 4 heteroatoms. The van der Waals surface area contributed by atoms with E-state index in [-0.39, 0.29) is 6.04 Å². The molecule has 0 bridgehead atoms. The number of anilines is 2. The van der Waals surface area contributed by atoms with Crippen molar-refractivity contribution in [3.8, 4) is 6.07 Å². The van der Waals surface area contributed by atoms with Gasteiger partial charge < -0.3 is 10.6 Å². The quantitative estimate of drug-likeness (QED) is 0.837. The first kappa shape index (κ1) is 12.2. The Morgan fingerprint density at radius 3 is 2.94 bits per heavy atom. The predicted octanol–water partition coefficient (Wildman–Crippen LogP) is 2.56. The Morgan fingerprint density at radius 1 is 1.44 bits per heavy atom. The molecule has 18 heavy (non-hydrogen) atoms. The summed E-state index contributed by atoms with van der Waals surface area (Å²) < 4.78 is 0. The molecule has 92 valence electrons. The summed E-state index contributed by atoms with van der Waals surface area (Å²) >= 11 is 0. The lowest BCUT2D eigenvalue weighted by molar-refractivity contribution is 0.704. The molecule has 1 aromatic carbocycles. The van der Waals surface area contributed by atoms with Gasteiger partial charge in [0, 0.05) is 30.4 Å². The first-order valence-corrected chi connectivity index (χ1v) is 5.88. The average molecular weight is 240 g/mol. The van der Waals surface area contributed by atoms with Crippen molar-refractivity contribution in [2.24, 2.45) is 0 Å². The van der Waals surface area contributed by atoms with E-state index < -0.39 is 0 Å². The van der Waals surface area contributed by atoms with Crippen molar-refractivity contribution < 1.29 is 0 Å². The van der Waals surface area contributed by atoms with E-state index in [9.17, 15) is 0 Å². The molecule has 1 aromatic heterocycles. The van der Waals surface area contributed by atoms with Gasteiger partial charge in [-0.3, -0.25) is 4.98 Å². The van der Waals surface area contributed by atoms with E-state index in [4.69, 9.17) is 11.0 Å². The monoisotopic (exact) mass is 240 g/mol. The van der Waals surface area contributed by atoms with Gasteiger partial charge in [-0.25, -0.2) is 0 Å². The maximum Gasteiger partial charge on any atom is 0.0951 e. The Kier molecular flexibility index (Phi) is 3.33. The summed E-state index contributed by atoms with van der Waals surface area (Å²) in [7, 11) is 1.99. The number of pyridine rings is 1. The van der Waals surface area contributed by atoms with E-state index in [1.54, 1.807) is 6.20 Å². The van der Waals surface area contributed by atoms with Crippen molar-refractivity contribution in [3.05, 3.63) is 30.5 Å². The number of para-hydroxylation sites is 1. The molecule has 1 unspecified atom stereocenters. The number of hydrogen-bond acceptors (Lipinski definition) is 4. The minimum absolute atomic E-state index is 0.155. The van der Waals surface area contributed by atoms with Crippen LogP contribution in [0.25, 0.3) is 10.9 Å². The van der Waals surface area contributed by atoms with E-state index in [1.807, 2.05) is 38.2 Å². The molecule has 1 atom stereocenters. The molecular formula is C14H16N4. The third-order valence-corrected chi connectivity index (χ3v) is 3.21. The Labute approximate surface area is 107 Å². The Balaban J connectivity index is 2.52. The molecule has 2 N–H and O–H groups in total. The highest BCUT2D eigenvalue weighted by molar-refractivity contribution is 5.98. The van der Waals surface area contributed by atoms with Crippen LogP contribution in [-0.2, 0) is 0 Å². The van der Waals surface area contributed by atoms with E-state index in [2.05, 4.69) is 16.0 Å². The van der Waals surface area contributed by atoms with Crippen molar-refractivity contribution in [2.45, 2.75) is 19.4 Å². The Bertz CT molecular complexity index is 600. The smallest absolute Gasteiger partial charge is 0.0951 e. The topological polar surface area (TPSA) is 65.9 Å². The maximum absolute atomic E-state index is 8.78. The van der Waals surface area contributed by atoms with Gasteiger partial charge in [0.15, 0.2) is 0 Å². The van der Waals surface area contributed by atoms with Crippen LogP contribution >= 0.6 is 0 Å². The van der Waals surface area contributed by atoms with E-state index >= 15 is 0 Å². The first-order valence-electron chi connectivity index (χ1n) is 5.88. The van der Waals surface area contributed by atoms with Gasteiger partial charge in [-0.1, -0.05) is 12.1 Å². The number of nitrogens with two attached hydrogens (primary N) is 1. The summed E-state index contributed by atoms with van der Waals surface area (Å²) in [6, 6.07) is 10.1. The lowest BCUT2D eigenvalue weighted by atomic mass is 10.1. The number of fused-ring (bicyclic) bond motifs is 1. The molecule has 0 saturated heterocycles. The second-order valence-electron chi connectivity index (χ2n) is 4.40. The van der Waals surface area contributed by atoms with Gasteiger partial charge in [0.2, 0.25) is 0 Å². The van der Waals surface area contributed by atoms with Crippen LogP contribution in [-0.4, -0.2) is 18.1 Å². The lowest BCUT2D eigenvalue weighted by Crippen LogP contribution is -2.28. The number of nitrogens with zero attached hydrogens (tertiary/aromatic N) is 3. The van der Waals surface area contributed by atoms with Crippen LogP contribution in [0.3, 0.4) is 0 Å². The van der Waals surface area contributed by atoms with Gasteiger partial charge in [-0.05, 0) is 19.1 Å². The summed E-state index contributed by atoms with van der Waals surface area (Å²) in [6.07, 6.45) is 2.24. The highest BCUT2D eigenvalue weighted by Crippen LogP contribution is 2.29. The number of rotatable bonds is 3. The largest absolute Gasteiger partial charge is 0.397 e. The molecule has 1 heterocycles. The Hall–Kier alpha value is -2.28. The van der Waals surface area contributed by atoms with Crippen molar-refractivity contribution in [1.82, 2.24) is 4.98 Å². The molecule has 0 fully saturated rings. The third-order valence-electron chi connectivity index (χ3n) is 3.21. The van der Waals surface area contributed by atoms with Crippen molar-refractivity contribution in [2.75, 3.05) is 17.7 Å². The molecule has 4 nitrogen and oxygen atoms in total. The highest BCUT2D eigenvalue weighted by Gasteiger charge is 2.13. The SMILES string of the molecule is CC(CC#N)N(C)c1ccnc2c(N)cccc12. The van der Waals surface area contributed by atoms with Crippen molar-refractivity contribution in [1.29, 1.82) is 5.26 Å². The van der Waals surface area contributed by atoms with Crippen LogP contribution in [0.15, 0.2) is 30.5 Å². The molecule has 0 saturated carbocycles. The summed E-state index contributed by atoms with van der Waals surface area (Å²) in [5.41, 5.74) is 8.47. The predicted molar refractivity (Wildman–Crippen MR) is 74.3 cm³/mol. The standard InChI is InChI=1S/C14H16N4/c1-10(6-8-15)18(2)13-7-9-17-14-11(13)4-3-5-12(14)16/h3-5,7,9-10H,6,16H2,1-2H3. The molecule has 2 rings (SSSR count). The summed E-state index contributed by atoms with van der Waals surface area (Å²) in [5.74, 6) is 0. The molecule has 0 spiro atoms. The number of nitriles is 1. The zero-order valence-corrected chi connectivity index (χ0v) is 10.6. The van der Waals surface area contributed by atoms with Crippen molar-refractivity contribution in [3.63, 3.8) is 0 Å². The van der Waals surface area contributed by atoms with Crippen molar-refractivity contribution >= 4 is 22.3 Å². The summed E-state index contributed by atoms with van der Waals surface area (Å²) in [4.78, 5) is 6.40. The van der Waals surface area contributed by atoms with Gasteiger partial charge in [-0.2, -0.15) is 5.26 Å². The fraction of sp³-hybridized carbons (Fsp3) is 0.286. The van der Waals surface area contributed by atoms with Crippen LogP contribution < -0.4 is 10.6 Å². The summed E-state index contributed by atoms with van der Waals surface area (Å²) in [5, 5.41) is 9.80. The number of aromatic nitrogens is 1. The van der Waals surface area contributed by atoms with Crippen LogP contribution in [0.2, 0.25) is 0 Å². The molecule has 0 aliphatic heterocycles. The number of hydrogen-bond donors (Lipinski definition) is 1. The van der Waals surface area contributed by atoms with Gasteiger partial charge >= 0.3 is 0 Å². The minimum Gasteiger partial charge on any atom is -0.397 e. The third kappa shape index (κ3) is 2.07. The van der Waals surface area contributed by atoms with Gasteiger partial charge in [0.25, 0.3) is 0 Å². The average Bonchev–Trinajstić information content (AvgIpc) is 2.38. The molecule has 0 aliphatic rings. The van der Waals surface area contributed by atoms with E-state index in [0.717, 1.165) is 16.6 Å². The fourth-order valence-electron chi connectivity index (χ4n) is 2.00. The fourth-order valence-corrected chi connectivity index (χ4v) is 2.00. The van der Waals surface area contributed by atoms with Crippen LogP contribution in [0.5, 0.6) is 0 Å². The normalized spacial score (nSPS) is 12.1.